The first kappa shape index (κ1) is 59.2. The molecule has 0 aromatic carbocycles. The van der Waals surface area contributed by atoms with E-state index in [1.165, 1.54) is 116 Å². The van der Waals surface area contributed by atoms with Crippen molar-refractivity contribution in [2.45, 2.75) is 211 Å². The Morgan fingerprint density at radius 3 is 1.08 bits per heavy atom. The van der Waals surface area contributed by atoms with Crippen molar-refractivity contribution in [2.75, 3.05) is 26.2 Å². The van der Waals surface area contributed by atoms with Crippen LogP contribution in [0.4, 0.5) is 0 Å². The fourth-order valence-corrected chi connectivity index (χ4v) is 7.27. The summed E-state index contributed by atoms with van der Waals surface area (Å²) in [6, 6.07) is -3.28. The summed E-state index contributed by atoms with van der Waals surface area (Å²) in [6.07, 6.45) is 28.9. The highest BCUT2D eigenvalue weighted by Crippen LogP contribution is 2.15. The zero-order chi connectivity index (χ0) is 47.6. The molecule has 5 amide bonds. The minimum absolute atomic E-state index is 0.0642. The molecular weight excluding hydrogens is 817 g/mol. The van der Waals surface area contributed by atoms with Gasteiger partial charge in [-0.15, -0.1) is 0 Å². The smallest absolute Gasteiger partial charge is 0.243 e. The van der Waals surface area contributed by atoms with Gasteiger partial charge in [-0.2, -0.15) is 0 Å². The average Bonchev–Trinajstić information content (AvgIpc) is 3.24. The predicted molar refractivity (Wildman–Crippen MR) is 260 cm³/mol. The third-order valence-electron chi connectivity index (χ3n) is 11.0. The van der Waals surface area contributed by atoms with E-state index >= 15 is 0 Å². The molecule has 0 saturated carbocycles. The van der Waals surface area contributed by atoms with E-state index in [0.29, 0.717) is 25.7 Å². The fraction of sp³-hybridized carbons (Fsp3) is 0.822. The van der Waals surface area contributed by atoms with Crippen LogP contribution >= 0.6 is 0 Å². The number of unbranched alkanes of at least 4 members (excludes halogenated alkanes) is 20. The molecule has 64 heavy (non-hydrogen) atoms. The lowest BCUT2D eigenvalue weighted by Gasteiger charge is -2.25. The Kier molecular flexibility index (Phi) is 37.8. The molecule has 0 bridgehead atoms. The van der Waals surface area contributed by atoms with E-state index in [-0.39, 0.29) is 75.6 Å². The molecule has 19 heteroatoms. The maximum Gasteiger partial charge on any atom is 0.243 e. The van der Waals surface area contributed by atoms with E-state index in [2.05, 4.69) is 43.2 Å². The van der Waals surface area contributed by atoms with Crippen molar-refractivity contribution < 1.29 is 24.0 Å². The summed E-state index contributed by atoms with van der Waals surface area (Å²) in [7, 11) is 0. The second-order valence-electron chi connectivity index (χ2n) is 16.9. The van der Waals surface area contributed by atoms with Gasteiger partial charge in [-0.05, 0) is 44.9 Å². The minimum Gasteiger partial charge on any atom is -0.370 e. The molecule has 3 atom stereocenters. The Bertz CT molecular complexity index is 1350. The lowest BCUT2D eigenvalue weighted by Crippen LogP contribution is -2.56. The molecule has 0 saturated heterocycles. The van der Waals surface area contributed by atoms with E-state index in [0.717, 1.165) is 19.3 Å². The number of primary amides is 1. The van der Waals surface area contributed by atoms with Gasteiger partial charge in [-0.25, -0.2) is 0 Å². The van der Waals surface area contributed by atoms with Crippen LogP contribution < -0.4 is 61.4 Å². The Morgan fingerprint density at radius 1 is 0.391 bits per heavy atom. The van der Waals surface area contributed by atoms with Crippen LogP contribution in [0.1, 0.15) is 193 Å². The van der Waals surface area contributed by atoms with Gasteiger partial charge >= 0.3 is 0 Å². The highest BCUT2D eigenvalue weighted by atomic mass is 16.2. The van der Waals surface area contributed by atoms with Crippen LogP contribution in [0.25, 0.3) is 0 Å². The van der Waals surface area contributed by atoms with Crippen molar-refractivity contribution in [3.05, 3.63) is 0 Å². The highest BCUT2D eigenvalue weighted by Gasteiger charge is 2.29. The molecule has 18 N–H and O–H groups in total. The number of nitrogens with zero attached hydrogens (tertiary/aromatic N) is 3. The van der Waals surface area contributed by atoms with Gasteiger partial charge in [-0.1, -0.05) is 135 Å². The number of hydrogen-bond acceptors (Lipinski definition) is 8. The van der Waals surface area contributed by atoms with Gasteiger partial charge < -0.3 is 61.4 Å². The lowest BCUT2D eigenvalue weighted by atomic mass is 10.0. The standard InChI is InChI=1S/C45H90N14O5/c1-2-3-4-5-6-7-8-9-10-11-12-13-14-15-16-17-18-19-20-21-22-29-38(60)53-34-30-39(61)57-36(27-24-32-55-44(49)50)41(63)59-37(28-25-33-56-45(51)52)42(64)58-35(40(46)62)26-23-31-54-43(47)48/h35-37H,2-34H2,1H3,(H2,46,62)(H,53,60)(H,57,61)(H,58,64)(H,59,63)(H4,47,48,54)(H4,49,50,55)(H4,51,52,56)/t35-,36-,37-/m0/s1. The molecule has 19 nitrogen and oxygen atoms in total. The third-order valence-corrected chi connectivity index (χ3v) is 11.0. The molecule has 0 spiro atoms. The zero-order valence-electron chi connectivity index (χ0n) is 39.5. The number of nitrogens with two attached hydrogens (primary N) is 7. The first-order valence-electron chi connectivity index (χ1n) is 24.4. The summed E-state index contributed by atoms with van der Waals surface area (Å²) >= 11 is 0. The maximum atomic E-state index is 13.6. The number of amides is 5. The molecule has 0 aliphatic carbocycles. The largest absolute Gasteiger partial charge is 0.370 e. The summed E-state index contributed by atoms with van der Waals surface area (Å²) in [5.74, 6) is -3.07. The molecule has 0 heterocycles. The van der Waals surface area contributed by atoms with Gasteiger partial charge in [0.25, 0.3) is 0 Å². The van der Waals surface area contributed by atoms with E-state index in [9.17, 15) is 24.0 Å². The van der Waals surface area contributed by atoms with Gasteiger partial charge in [0, 0.05) is 39.0 Å². The van der Waals surface area contributed by atoms with Crippen LogP contribution in [-0.2, 0) is 24.0 Å². The fourth-order valence-electron chi connectivity index (χ4n) is 7.27. The van der Waals surface area contributed by atoms with Crippen LogP contribution in [-0.4, -0.2) is 91.7 Å². The minimum atomic E-state index is -1.14. The van der Waals surface area contributed by atoms with Crippen molar-refractivity contribution in [3.63, 3.8) is 0 Å². The molecule has 0 unspecified atom stereocenters. The topological polar surface area (TPSA) is 353 Å². The number of aliphatic imine (C=N–C) groups is 3. The second kappa shape index (κ2) is 40.9. The molecule has 370 valence electrons. The molecule has 0 rings (SSSR count). The number of carbonyl (C=O) groups excluding carboxylic acids is 5. The number of rotatable bonds is 43. The third kappa shape index (κ3) is 37.7. The Balaban J connectivity index is 4.71. The van der Waals surface area contributed by atoms with Crippen molar-refractivity contribution >= 4 is 47.4 Å². The molecular formula is C45H90N14O5. The molecule has 0 aromatic heterocycles. The first-order valence-corrected chi connectivity index (χ1v) is 24.4. The quantitative estimate of drug-likeness (QED) is 0.0240. The normalized spacial score (nSPS) is 12.3. The van der Waals surface area contributed by atoms with E-state index in [1.54, 1.807) is 0 Å². The Hall–Kier alpha value is -4.84. The molecule has 0 fully saturated rings. The van der Waals surface area contributed by atoms with Gasteiger partial charge in [0.2, 0.25) is 29.5 Å². The molecule has 0 aliphatic rings. The summed E-state index contributed by atoms with van der Waals surface area (Å²) in [5, 5.41) is 10.8. The van der Waals surface area contributed by atoms with Crippen molar-refractivity contribution in [1.82, 2.24) is 21.3 Å². The summed E-state index contributed by atoms with van der Waals surface area (Å²) < 4.78 is 0. The second-order valence-corrected chi connectivity index (χ2v) is 16.9. The van der Waals surface area contributed by atoms with Gasteiger partial charge in [0.05, 0.1) is 0 Å². The summed E-state index contributed by atoms with van der Waals surface area (Å²) in [4.78, 5) is 76.5. The van der Waals surface area contributed by atoms with Gasteiger partial charge in [0.1, 0.15) is 18.1 Å². The Labute approximate surface area is 384 Å². The summed E-state index contributed by atoms with van der Waals surface area (Å²) in [5.41, 5.74) is 38.0. The Morgan fingerprint density at radius 2 is 0.719 bits per heavy atom. The monoisotopic (exact) mass is 907 g/mol. The molecule has 0 aliphatic heterocycles. The van der Waals surface area contributed by atoms with Crippen molar-refractivity contribution in [3.8, 4) is 0 Å². The molecule has 0 aromatic rings. The summed E-state index contributed by atoms with van der Waals surface area (Å²) in [6.45, 7) is 2.95. The average molecular weight is 907 g/mol. The van der Waals surface area contributed by atoms with Gasteiger partial charge in [-0.3, -0.25) is 38.9 Å². The van der Waals surface area contributed by atoms with E-state index in [4.69, 9.17) is 40.1 Å². The number of hydrogen-bond donors (Lipinski definition) is 11. The number of nitrogens with one attached hydrogen (secondary N) is 4. The zero-order valence-corrected chi connectivity index (χ0v) is 39.5. The van der Waals surface area contributed by atoms with Crippen molar-refractivity contribution in [1.29, 1.82) is 0 Å². The predicted octanol–water partition coefficient (Wildman–Crippen LogP) is 3.20. The van der Waals surface area contributed by atoms with Crippen molar-refractivity contribution in [2.24, 2.45) is 55.1 Å². The van der Waals surface area contributed by atoms with E-state index in [1.807, 2.05) is 0 Å². The first-order chi connectivity index (χ1) is 30.8. The van der Waals surface area contributed by atoms with Crippen LogP contribution in [0.15, 0.2) is 15.0 Å². The highest BCUT2D eigenvalue weighted by molar-refractivity contribution is 5.94. The van der Waals surface area contributed by atoms with E-state index < -0.39 is 41.8 Å². The number of guanidine groups is 3. The SMILES string of the molecule is CCCCCCCCCCCCCCCCCCCCCCCC(=O)NCCC(=O)N[C@@H](CCCN=C(N)N)C(=O)N[C@@H](CCCN=C(N)N)C(=O)N[C@@H](CCCN=C(N)N)C(N)=O. The molecule has 0 radical (unpaired) electrons. The van der Waals surface area contributed by atoms with Crippen LogP contribution in [0, 0.1) is 0 Å². The van der Waals surface area contributed by atoms with Crippen LogP contribution in [0.3, 0.4) is 0 Å². The van der Waals surface area contributed by atoms with Crippen LogP contribution in [0.2, 0.25) is 0 Å². The van der Waals surface area contributed by atoms with Gasteiger partial charge in [0.15, 0.2) is 17.9 Å². The van der Waals surface area contributed by atoms with Crippen LogP contribution in [0.5, 0.6) is 0 Å². The lowest BCUT2D eigenvalue weighted by molar-refractivity contribution is -0.133. The number of carbonyl (C=O) groups is 5. The maximum absolute atomic E-state index is 13.6.